The molecule has 4 heteroatoms. The number of carboxylic acid groups (broad SMARTS) is 2. The zero-order valence-corrected chi connectivity index (χ0v) is 5.09. The summed E-state index contributed by atoms with van der Waals surface area (Å²) in [6.45, 7) is 4.73. The maximum absolute atomic E-state index is 11.2. The molecule has 0 radical (unpaired) electrons. The van der Waals surface area contributed by atoms with Gasteiger partial charge in [0.05, 0.1) is 5.83 Å². The van der Waals surface area contributed by atoms with Gasteiger partial charge in [0.2, 0.25) is 0 Å². The van der Waals surface area contributed by atoms with Gasteiger partial charge in [-0.3, -0.25) is 0 Å². The lowest BCUT2D eigenvalue weighted by Crippen LogP contribution is -1.81. The third kappa shape index (κ3) is 192. The van der Waals surface area contributed by atoms with Gasteiger partial charge in [-0.05, 0) is 6.42 Å². The summed E-state index contributed by atoms with van der Waals surface area (Å²) < 4.78 is 11.2. The summed E-state index contributed by atoms with van der Waals surface area (Å²) in [6, 6.07) is 0. The fourth-order valence-electron chi connectivity index (χ4n) is 0. The van der Waals surface area contributed by atoms with Gasteiger partial charge in [-0.1, -0.05) is 13.5 Å². The first-order valence-corrected chi connectivity index (χ1v) is 2.25. The predicted molar refractivity (Wildman–Crippen MR) is 31.2 cm³/mol. The maximum Gasteiger partial charge on any atom is 0.503 e. The van der Waals surface area contributed by atoms with E-state index in [0.29, 0.717) is 6.42 Å². The van der Waals surface area contributed by atoms with Gasteiger partial charge in [0.25, 0.3) is 0 Å². The first-order valence-electron chi connectivity index (χ1n) is 2.25. The molecule has 0 unspecified atom stereocenters. The van der Waals surface area contributed by atoms with Crippen LogP contribution in [0.1, 0.15) is 13.3 Å². The van der Waals surface area contributed by atoms with Crippen LogP contribution in [-0.2, 0) is 0 Å². The van der Waals surface area contributed by atoms with E-state index in [1.807, 2.05) is 0 Å². The molecule has 0 saturated carbocycles. The summed E-state index contributed by atoms with van der Waals surface area (Å²) in [7, 11) is 0. The van der Waals surface area contributed by atoms with Crippen molar-refractivity contribution >= 4 is 6.16 Å². The molecule has 54 valence electrons. The monoisotopic (exact) mass is 136 g/mol. The van der Waals surface area contributed by atoms with Gasteiger partial charge < -0.3 is 10.2 Å². The summed E-state index contributed by atoms with van der Waals surface area (Å²) in [5.41, 5.74) is 0. The van der Waals surface area contributed by atoms with Crippen molar-refractivity contribution in [1.29, 1.82) is 0 Å². The molecule has 0 aliphatic carbocycles. The summed E-state index contributed by atoms with van der Waals surface area (Å²) >= 11 is 0. The lowest BCUT2D eigenvalue weighted by atomic mass is 10.5. The lowest BCUT2D eigenvalue weighted by Gasteiger charge is -1.74. The van der Waals surface area contributed by atoms with Gasteiger partial charge in [-0.25, -0.2) is 9.18 Å². The number of allylic oxidation sites excluding steroid dienone is 1. The molecule has 0 atom stereocenters. The summed E-state index contributed by atoms with van der Waals surface area (Å²) in [4.78, 5) is 8.56. The van der Waals surface area contributed by atoms with E-state index in [2.05, 4.69) is 6.58 Å². The average molecular weight is 136 g/mol. The average Bonchev–Trinajstić information content (AvgIpc) is 1.65. The van der Waals surface area contributed by atoms with Crippen LogP contribution in [0.3, 0.4) is 0 Å². The van der Waals surface area contributed by atoms with Gasteiger partial charge >= 0.3 is 6.16 Å². The second-order valence-corrected chi connectivity index (χ2v) is 1.15. The largest absolute Gasteiger partial charge is 0.503 e. The van der Waals surface area contributed by atoms with E-state index in [4.69, 9.17) is 15.0 Å². The first-order chi connectivity index (χ1) is 4.00. The lowest BCUT2D eigenvalue weighted by molar-refractivity contribution is 0.137. The van der Waals surface area contributed by atoms with Crippen LogP contribution in [0.2, 0.25) is 0 Å². The Morgan fingerprint density at radius 1 is 1.67 bits per heavy atom. The minimum absolute atomic E-state index is 0.245. The van der Waals surface area contributed by atoms with E-state index in [0.717, 1.165) is 0 Å². The molecule has 0 rings (SSSR count). The van der Waals surface area contributed by atoms with Crippen LogP contribution < -0.4 is 0 Å². The Balaban J connectivity index is 0. The van der Waals surface area contributed by atoms with Gasteiger partial charge in [-0.2, -0.15) is 0 Å². The number of hydrogen-bond acceptors (Lipinski definition) is 1. The van der Waals surface area contributed by atoms with Crippen LogP contribution in [0.4, 0.5) is 9.18 Å². The Hall–Kier alpha value is -1.06. The molecule has 0 bridgehead atoms. The topological polar surface area (TPSA) is 57.5 Å². The number of halogens is 1. The van der Waals surface area contributed by atoms with E-state index < -0.39 is 6.16 Å². The Morgan fingerprint density at radius 2 is 1.78 bits per heavy atom. The minimum Gasteiger partial charge on any atom is -0.450 e. The van der Waals surface area contributed by atoms with Gasteiger partial charge in [0.1, 0.15) is 0 Å². The molecule has 3 nitrogen and oxygen atoms in total. The molecule has 0 aromatic heterocycles. The zero-order chi connectivity index (χ0) is 7.86. The Labute approximate surface area is 52.4 Å². The van der Waals surface area contributed by atoms with Crippen molar-refractivity contribution in [3.8, 4) is 0 Å². The highest BCUT2D eigenvalue weighted by Crippen LogP contribution is 1.93. The molecular weight excluding hydrogens is 127 g/mol. The van der Waals surface area contributed by atoms with Gasteiger partial charge in [0, 0.05) is 0 Å². The molecule has 0 heterocycles. The number of carbonyl (C=O) groups is 1. The van der Waals surface area contributed by atoms with Crippen molar-refractivity contribution in [2.75, 3.05) is 0 Å². The van der Waals surface area contributed by atoms with E-state index in [1.54, 1.807) is 6.92 Å². The minimum atomic E-state index is -1.83. The molecule has 9 heavy (non-hydrogen) atoms. The highest BCUT2D eigenvalue weighted by Gasteiger charge is 1.73. The molecular formula is C5H9FO3. The zero-order valence-electron chi connectivity index (χ0n) is 5.09. The van der Waals surface area contributed by atoms with E-state index >= 15 is 0 Å². The van der Waals surface area contributed by atoms with Crippen LogP contribution in [0.25, 0.3) is 0 Å². The highest BCUT2D eigenvalue weighted by molar-refractivity contribution is 5.53. The molecule has 0 saturated heterocycles. The summed E-state index contributed by atoms with van der Waals surface area (Å²) in [5, 5.41) is 13.9. The molecule has 0 fully saturated rings. The molecule has 0 aromatic rings. The predicted octanol–water partition coefficient (Wildman–Crippen LogP) is 2.10. The number of hydrogen-bond donors (Lipinski definition) is 2. The highest BCUT2D eigenvalue weighted by atomic mass is 19.1. The van der Waals surface area contributed by atoms with Crippen molar-refractivity contribution < 1.29 is 19.4 Å². The molecule has 0 spiro atoms. The Bertz CT molecular complexity index is 96.4. The van der Waals surface area contributed by atoms with Crippen molar-refractivity contribution in [2.24, 2.45) is 0 Å². The Kier molecular flexibility index (Phi) is 8.36. The quantitative estimate of drug-likeness (QED) is 0.580. The fourth-order valence-corrected chi connectivity index (χ4v) is 0. The van der Waals surface area contributed by atoms with Crippen LogP contribution in [0.15, 0.2) is 12.4 Å². The molecule has 0 aromatic carbocycles. The summed E-state index contributed by atoms with van der Waals surface area (Å²) in [6.07, 6.45) is -1.39. The molecule has 0 aliphatic rings. The second-order valence-electron chi connectivity index (χ2n) is 1.15. The maximum atomic E-state index is 11.2. The van der Waals surface area contributed by atoms with Crippen LogP contribution >= 0.6 is 0 Å². The third-order valence-corrected chi connectivity index (χ3v) is 0.384. The fraction of sp³-hybridized carbons (Fsp3) is 0.400. The first kappa shape index (κ1) is 10.8. The van der Waals surface area contributed by atoms with Crippen molar-refractivity contribution in [2.45, 2.75) is 13.3 Å². The van der Waals surface area contributed by atoms with Crippen LogP contribution in [0.5, 0.6) is 0 Å². The van der Waals surface area contributed by atoms with E-state index in [1.165, 1.54) is 0 Å². The molecule has 0 amide bonds. The standard InChI is InChI=1S/C4H7F.CH2O3/c1-3-4(2)5;2-1(3)4/h2-3H2,1H3;(H2,2,3,4). The molecule has 2 N–H and O–H groups in total. The van der Waals surface area contributed by atoms with E-state index in [9.17, 15) is 4.39 Å². The van der Waals surface area contributed by atoms with Crippen LogP contribution in [0, 0.1) is 0 Å². The van der Waals surface area contributed by atoms with Crippen molar-refractivity contribution in [3.63, 3.8) is 0 Å². The SMILES string of the molecule is C=C(F)CC.O=C(O)O. The normalized spacial score (nSPS) is 6.89. The molecule has 0 aliphatic heterocycles. The van der Waals surface area contributed by atoms with Gasteiger partial charge in [-0.15, -0.1) is 0 Å². The van der Waals surface area contributed by atoms with Crippen molar-refractivity contribution in [3.05, 3.63) is 12.4 Å². The second kappa shape index (κ2) is 6.94. The van der Waals surface area contributed by atoms with Crippen molar-refractivity contribution in [1.82, 2.24) is 0 Å². The van der Waals surface area contributed by atoms with E-state index in [-0.39, 0.29) is 5.83 Å². The van der Waals surface area contributed by atoms with Crippen LogP contribution in [-0.4, -0.2) is 16.4 Å². The third-order valence-electron chi connectivity index (χ3n) is 0.384. The smallest absolute Gasteiger partial charge is 0.450 e. The summed E-state index contributed by atoms with van der Waals surface area (Å²) in [5.74, 6) is -0.245. The Morgan fingerprint density at radius 3 is 1.78 bits per heavy atom. The number of rotatable bonds is 1. The van der Waals surface area contributed by atoms with Gasteiger partial charge in [0.15, 0.2) is 0 Å².